The van der Waals surface area contributed by atoms with Crippen molar-refractivity contribution in [3.8, 4) is 0 Å². The zero-order chi connectivity index (χ0) is 14.3. The van der Waals surface area contributed by atoms with Gasteiger partial charge in [0.15, 0.2) is 0 Å². The normalized spacial score (nSPS) is 11.6. The average molecular weight is 347 g/mol. The number of carbonyl (C=O) groups is 2. The van der Waals surface area contributed by atoms with Crippen molar-refractivity contribution in [2.24, 2.45) is 0 Å². The van der Waals surface area contributed by atoms with Crippen molar-refractivity contribution < 1.29 is 14.7 Å². The molecule has 5 nitrogen and oxygen atoms in total. The van der Waals surface area contributed by atoms with E-state index >= 15 is 0 Å². The Balaban J connectivity index is 2.30. The predicted octanol–water partition coefficient (Wildman–Crippen LogP) is 2.38. The summed E-state index contributed by atoms with van der Waals surface area (Å²) >= 11 is 4.97. The van der Waals surface area contributed by atoms with E-state index < -0.39 is 18.0 Å². The molecule has 0 fully saturated rings. The van der Waals surface area contributed by atoms with Crippen molar-refractivity contribution in [1.29, 1.82) is 0 Å². The first-order chi connectivity index (χ1) is 9.02. The van der Waals surface area contributed by atoms with Crippen LogP contribution in [-0.2, 0) is 11.2 Å². The third-order valence-corrected chi connectivity index (χ3v) is 3.98. The van der Waals surface area contributed by atoms with E-state index in [0.29, 0.717) is 13.0 Å². The van der Waals surface area contributed by atoms with Gasteiger partial charge >= 0.3 is 12.0 Å². The minimum absolute atomic E-state index is 0.195. The molecule has 2 amide bonds. The van der Waals surface area contributed by atoms with E-state index in [1.54, 1.807) is 11.3 Å². The largest absolute Gasteiger partial charge is 0.480 e. The monoisotopic (exact) mass is 346 g/mol. The Hall–Kier alpha value is -1.34. The van der Waals surface area contributed by atoms with Crippen molar-refractivity contribution in [2.45, 2.75) is 18.9 Å². The van der Waals surface area contributed by atoms with E-state index in [2.05, 4.69) is 33.1 Å². The third kappa shape index (κ3) is 5.89. The first kappa shape index (κ1) is 15.7. The molecule has 0 aliphatic heterocycles. The molecular formula is C12H15BrN2O3S. The summed E-state index contributed by atoms with van der Waals surface area (Å²) in [4.78, 5) is 23.5. The number of carbonyl (C=O) groups excluding carboxylic acids is 1. The molecule has 0 aliphatic carbocycles. The first-order valence-corrected chi connectivity index (χ1v) is 7.26. The minimum atomic E-state index is -1.07. The Morgan fingerprint density at radius 2 is 2.26 bits per heavy atom. The van der Waals surface area contributed by atoms with Gasteiger partial charge in [-0.2, -0.15) is 0 Å². The second-order valence-electron chi connectivity index (χ2n) is 3.77. The van der Waals surface area contributed by atoms with E-state index in [4.69, 9.17) is 5.11 Å². The highest BCUT2D eigenvalue weighted by Gasteiger charge is 2.17. The smallest absolute Gasteiger partial charge is 0.326 e. The molecular weight excluding hydrogens is 332 g/mol. The molecule has 1 unspecified atom stereocenters. The van der Waals surface area contributed by atoms with Crippen LogP contribution < -0.4 is 10.6 Å². The minimum Gasteiger partial charge on any atom is -0.480 e. The van der Waals surface area contributed by atoms with Gasteiger partial charge in [0.25, 0.3) is 0 Å². The zero-order valence-electron chi connectivity index (χ0n) is 10.2. The molecule has 1 atom stereocenters. The van der Waals surface area contributed by atoms with E-state index in [9.17, 15) is 9.59 Å². The van der Waals surface area contributed by atoms with E-state index in [1.807, 2.05) is 12.1 Å². The van der Waals surface area contributed by atoms with Crippen molar-refractivity contribution >= 4 is 39.3 Å². The molecule has 0 aromatic carbocycles. The average Bonchev–Trinajstić information content (AvgIpc) is 2.74. The lowest BCUT2D eigenvalue weighted by Gasteiger charge is -2.13. The first-order valence-electron chi connectivity index (χ1n) is 5.65. The highest BCUT2D eigenvalue weighted by atomic mass is 79.9. The summed E-state index contributed by atoms with van der Waals surface area (Å²) in [5.41, 5.74) is 0. The topological polar surface area (TPSA) is 78.4 Å². The molecule has 1 aromatic heterocycles. The number of aliphatic carboxylic acids is 1. The number of urea groups is 1. The maximum atomic E-state index is 11.5. The number of thiophene rings is 1. The molecule has 19 heavy (non-hydrogen) atoms. The number of hydrogen-bond acceptors (Lipinski definition) is 3. The zero-order valence-corrected chi connectivity index (χ0v) is 12.6. The third-order valence-electron chi connectivity index (χ3n) is 2.29. The summed E-state index contributed by atoms with van der Waals surface area (Å²) in [7, 11) is 0. The van der Waals surface area contributed by atoms with Gasteiger partial charge in [-0.3, -0.25) is 0 Å². The molecule has 3 N–H and O–H groups in total. The fraction of sp³-hybridized carbons (Fsp3) is 0.333. The molecule has 0 aliphatic rings. The molecule has 0 saturated heterocycles. The highest BCUT2D eigenvalue weighted by molar-refractivity contribution is 9.11. The lowest BCUT2D eigenvalue weighted by atomic mass is 10.2. The van der Waals surface area contributed by atoms with Crippen LogP contribution in [-0.4, -0.2) is 29.7 Å². The van der Waals surface area contributed by atoms with Crippen molar-refractivity contribution in [3.05, 3.63) is 33.5 Å². The molecule has 1 rings (SSSR count). The van der Waals surface area contributed by atoms with Gasteiger partial charge < -0.3 is 15.7 Å². The lowest BCUT2D eigenvalue weighted by molar-refractivity contribution is -0.139. The number of rotatable bonds is 7. The summed E-state index contributed by atoms with van der Waals surface area (Å²) in [6.45, 7) is 3.91. The Morgan fingerprint density at radius 3 is 2.79 bits per heavy atom. The van der Waals surface area contributed by atoms with Gasteiger partial charge in [-0.15, -0.1) is 17.9 Å². The quantitative estimate of drug-likeness (QED) is 0.663. The van der Waals surface area contributed by atoms with Gasteiger partial charge in [-0.25, -0.2) is 9.59 Å². The van der Waals surface area contributed by atoms with Crippen molar-refractivity contribution in [2.75, 3.05) is 6.54 Å². The summed E-state index contributed by atoms with van der Waals surface area (Å²) in [5.74, 6) is -1.07. The van der Waals surface area contributed by atoms with Crippen LogP contribution in [0.3, 0.4) is 0 Å². The number of hydrogen-bond donors (Lipinski definition) is 3. The second-order valence-corrected chi connectivity index (χ2v) is 6.32. The standard InChI is InChI=1S/C12H15BrN2O3S/c1-2-3-9(11(16)17)15-12(18)14-7-6-8-4-5-10(13)19-8/h2,4-5,9H,1,3,6-7H2,(H,16,17)(H2,14,15,18). The second kappa shape index (κ2) is 7.96. The molecule has 0 saturated carbocycles. The van der Waals surface area contributed by atoms with Gasteiger partial charge in [-0.1, -0.05) is 6.08 Å². The van der Waals surface area contributed by atoms with Crippen LogP contribution in [0.2, 0.25) is 0 Å². The fourth-order valence-corrected chi connectivity index (χ4v) is 2.87. The molecule has 0 spiro atoms. The SMILES string of the molecule is C=CCC(NC(=O)NCCc1ccc(Br)s1)C(=O)O. The predicted molar refractivity (Wildman–Crippen MR) is 78.5 cm³/mol. The maximum Gasteiger partial charge on any atom is 0.326 e. The van der Waals surface area contributed by atoms with E-state index in [1.165, 1.54) is 6.08 Å². The molecule has 0 bridgehead atoms. The van der Waals surface area contributed by atoms with Gasteiger partial charge in [0.2, 0.25) is 0 Å². The molecule has 104 valence electrons. The van der Waals surface area contributed by atoms with E-state index in [-0.39, 0.29) is 6.42 Å². The Labute approximate surface area is 123 Å². The van der Waals surface area contributed by atoms with Crippen LogP contribution in [0, 0.1) is 0 Å². The number of amides is 2. The van der Waals surface area contributed by atoms with Crippen LogP contribution in [0.25, 0.3) is 0 Å². The number of nitrogens with one attached hydrogen (secondary N) is 2. The highest BCUT2D eigenvalue weighted by Crippen LogP contribution is 2.21. The molecule has 7 heteroatoms. The number of carboxylic acids is 1. The number of halogens is 1. The summed E-state index contributed by atoms with van der Waals surface area (Å²) in [6, 6.07) is 2.51. The Bertz CT molecular complexity index is 462. The van der Waals surface area contributed by atoms with Gasteiger partial charge in [-0.05, 0) is 40.9 Å². The summed E-state index contributed by atoms with van der Waals surface area (Å²) in [5, 5.41) is 13.9. The molecule has 1 aromatic rings. The van der Waals surface area contributed by atoms with Crippen LogP contribution >= 0.6 is 27.3 Å². The Kier molecular flexibility index (Phi) is 6.58. The van der Waals surface area contributed by atoms with Gasteiger partial charge in [0, 0.05) is 11.4 Å². The summed E-state index contributed by atoms with van der Waals surface area (Å²) < 4.78 is 1.05. The van der Waals surface area contributed by atoms with Crippen LogP contribution in [0.5, 0.6) is 0 Å². The van der Waals surface area contributed by atoms with Crippen molar-refractivity contribution in [3.63, 3.8) is 0 Å². The Morgan fingerprint density at radius 1 is 1.53 bits per heavy atom. The van der Waals surface area contributed by atoms with E-state index in [0.717, 1.165) is 8.66 Å². The summed E-state index contributed by atoms with van der Waals surface area (Å²) in [6.07, 6.45) is 2.37. The van der Waals surface area contributed by atoms with Gasteiger partial charge in [0.05, 0.1) is 3.79 Å². The lowest BCUT2D eigenvalue weighted by Crippen LogP contribution is -2.46. The van der Waals surface area contributed by atoms with Crippen LogP contribution in [0.1, 0.15) is 11.3 Å². The van der Waals surface area contributed by atoms with Crippen LogP contribution in [0.15, 0.2) is 28.6 Å². The maximum absolute atomic E-state index is 11.5. The van der Waals surface area contributed by atoms with Gasteiger partial charge in [0.1, 0.15) is 6.04 Å². The van der Waals surface area contributed by atoms with Crippen LogP contribution in [0.4, 0.5) is 4.79 Å². The molecule has 1 heterocycles. The fourth-order valence-electron chi connectivity index (χ4n) is 1.38. The molecule has 0 radical (unpaired) electrons. The number of carboxylic acid groups (broad SMARTS) is 1. The van der Waals surface area contributed by atoms with Crippen molar-refractivity contribution in [1.82, 2.24) is 10.6 Å².